The van der Waals surface area contributed by atoms with E-state index in [1.165, 1.54) is 0 Å². The number of benzene rings is 2. The number of nitrogens with zero attached hydrogens (tertiary/aromatic N) is 2. The van der Waals surface area contributed by atoms with Crippen LogP contribution in [-0.4, -0.2) is 32.4 Å². The van der Waals surface area contributed by atoms with Crippen molar-refractivity contribution < 1.29 is 14.6 Å². The first-order valence-corrected chi connectivity index (χ1v) is 10.6. The number of pyridine rings is 1. The molecular formula is C25H23ClN4O3. The highest BCUT2D eigenvalue weighted by atomic mass is 35.5. The number of nitrogen functional groups attached to an aromatic ring is 1. The summed E-state index contributed by atoms with van der Waals surface area (Å²) in [7, 11) is 0. The fraction of sp³-hybridized carbons (Fsp3) is 0.160. The number of ether oxygens (including phenoxy) is 1. The van der Waals surface area contributed by atoms with Crippen LogP contribution in [0.3, 0.4) is 0 Å². The lowest BCUT2D eigenvalue weighted by Gasteiger charge is -2.19. The summed E-state index contributed by atoms with van der Waals surface area (Å²) in [6.07, 6.45) is 3.31. The van der Waals surface area contributed by atoms with Crippen LogP contribution in [0.5, 0.6) is 5.88 Å². The number of halogens is 1. The fourth-order valence-corrected chi connectivity index (χ4v) is 3.66. The van der Waals surface area contributed by atoms with Gasteiger partial charge in [-0.3, -0.25) is 4.98 Å². The third-order valence-electron chi connectivity index (χ3n) is 4.79. The van der Waals surface area contributed by atoms with Gasteiger partial charge in [-0.15, -0.1) is 0 Å². The summed E-state index contributed by atoms with van der Waals surface area (Å²) in [4.78, 5) is 24.4. The zero-order chi connectivity index (χ0) is 23.8. The molecular weight excluding hydrogens is 440 g/mol. The standard InChI is InChI=1S/C25H23ClN4O3/c1-25(2,3)33-24(32)17-9-7-16(12-19(17)26)29-22(14-5-4-10-28-13-14)21-18-8-6-15(27)11-20(18)30-23(21)31/h4-13,30-31H,27H2,1-3H3. The predicted molar refractivity (Wildman–Crippen MR) is 131 cm³/mol. The molecule has 4 aromatic rings. The molecule has 7 nitrogen and oxygen atoms in total. The van der Waals surface area contributed by atoms with E-state index in [2.05, 4.69) is 9.97 Å². The van der Waals surface area contributed by atoms with E-state index in [4.69, 9.17) is 27.1 Å². The number of anilines is 1. The molecule has 4 rings (SSSR count). The number of nitrogens with two attached hydrogens (primary N) is 1. The Morgan fingerprint density at radius 1 is 1.18 bits per heavy atom. The molecule has 2 aromatic heterocycles. The van der Waals surface area contributed by atoms with E-state index in [0.29, 0.717) is 33.7 Å². The predicted octanol–water partition coefficient (Wildman–Crippen LogP) is 5.63. The first-order valence-electron chi connectivity index (χ1n) is 10.2. The molecule has 0 saturated heterocycles. The number of nitrogens with one attached hydrogen (secondary N) is 1. The number of carbonyl (C=O) groups excluding carboxylic acids is 1. The van der Waals surface area contributed by atoms with Crippen molar-refractivity contribution in [2.75, 3.05) is 5.73 Å². The molecule has 0 aliphatic heterocycles. The van der Waals surface area contributed by atoms with E-state index in [1.807, 2.05) is 12.1 Å². The van der Waals surface area contributed by atoms with Gasteiger partial charge in [0.1, 0.15) is 5.60 Å². The summed E-state index contributed by atoms with van der Waals surface area (Å²) in [5.41, 5.74) is 8.93. The van der Waals surface area contributed by atoms with Crippen molar-refractivity contribution in [1.29, 1.82) is 0 Å². The van der Waals surface area contributed by atoms with E-state index in [-0.39, 0.29) is 16.5 Å². The Balaban J connectivity index is 1.84. The minimum atomic E-state index is -0.638. The fourth-order valence-electron chi connectivity index (χ4n) is 3.41. The Morgan fingerprint density at radius 2 is 1.97 bits per heavy atom. The number of rotatable bonds is 4. The quantitative estimate of drug-likeness (QED) is 0.206. The number of hydrogen-bond acceptors (Lipinski definition) is 6. The van der Waals surface area contributed by atoms with Gasteiger partial charge in [-0.1, -0.05) is 11.6 Å². The molecule has 33 heavy (non-hydrogen) atoms. The van der Waals surface area contributed by atoms with Gasteiger partial charge in [0.2, 0.25) is 0 Å². The molecule has 0 unspecified atom stereocenters. The summed E-state index contributed by atoms with van der Waals surface area (Å²) in [5.74, 6) is -0.558. The minimum Gasteiger partial charge on any atom is -0.494 e. The van der Waals surface area contributed by atoms with Gasteiger partial charge in [-0.2, -0.15) is 0 Å². The molecule has 0 spiro atoms. The molecule has 0 saturated carbocycles. The minimum absolute atomic E-state index is 0.0466. The normalized spacial score (nSPS) is 12.2. The van der Waals surface area contributed by atoms with E-state index in [1.54, 1.807) is 69.6 Å². The zero-order valence-corrected chi connectivity index (χ0v) is 19.1. The van der Waals surface area contributed by atoms with Crippen LogP contribution in [0, 0.1) is 0 Å². The van der Waals surface area contributed by atoms with Crippen LogP contribution in [-0.2, 0) is 4.74 Å². The van der Waals surface area contributed by atoms with Crippen LogP contribution in [0.25, 0.3) is 10.9 Å². The highest BCUT2D eigenvalue weighted by Gasteiger charge is 2.22. The largest absolute Gasteiger partial charge is 0.494 e. The third-order valence-corrected chi connectivity index (χ3v) is 5.10. The Labute approximate surface area is 195 Å². The average Bonchev–Trinajstić information content (AvgIpc) is 3.06. The first kappa shape index (κ1) is 22.4. The molecule has 2 heterocycles. The van der Waals surface area contributed by atoms with Crippen molar-refractivity contribution in [3.63, 3.8) is 0 Å². The number of esters is 1. The number of fused-ring (bicyclic) bond motifs is 1. The van der Waals surface area contributed by atoms with Crippen molar-refractivity contribution in [1.82, 2.24) is 9.97 Å². The molecule has 168 valence electrons. The second-order valence-corrected chi connectivity index (χ2v) is 8.93. The first-order chi connectivity index (χ1) is 15.6. The van der Waals surface area contributed by atoms with Gasteiger partial charge in [0, 0.05) is 29.0 Å². The zero-order valence-electron chi connectivity index (χ0n) is 18.4. The van der Waals surface area contributed by atoms with E-state index >= 15 is 0 Å². The molecule has 0 radical (unpaired) electrons. The van der Waals surface area contributed by atoms with Crippen LogP contribution in [0.1, 0.15) is 42.3 Å². The highest BCUT2D eigenvalue weighted by Crippen LogP contribution is 2.33. The lowest BCUT2D eigenvalue weighted by atomic mass is 10.0. The third kappa shape index (κ3) is 4.83. The number of carbonyl (C=O) groups is 1. The van der Waals surface area contributed by atoms with E-state index in [0.717, 1.165) is 5.39 Å². The van der Waals surface area contributed by atoms with E-state index < -0.39 is 11.6 Å². The smallest absolute Gasteiger partial charge is 0.340 e. The molecule has 0 aliphatic carbocycles. The second kappa shape index (κ2) is 8.60. The van der Waals surface area contributed by atoms with Gasteiger partial charge in [0.05, 0.1) is 33.1 Å². The number of aromatic amines is 1. The topological polar surface area (TPSA) is 114 Å². The van der Waals surface area contributed by atoms with Crippen LogP contribution in [0.2, 0.25) is 5.02 Å². The maximum atomic E-state index is 12.4. The lowest BCUT2D eigenvalue weighted by Crippen LogP contribution is -2.24. The van der Waals surface area contributed by atoms with Gasteiger partial charge in [-0.25, -0.2) is 9.79 Å². The number of H-pyrrole nitrogens is 1. The van der Waals surface area contributed by atoms with Crippen molar-refractivity contribution in [3.05, 3.63) is 82.6 Å². The van der Waals surface area contributed by atoms with Crippen LogP contribution >= 0.6 is 11.6 Å². The second-order valence-electron chi connectivity index (χ2n) is 8.52. The summed E-state index contributed by atoms with van der Waals surface area (Å²) in [5, 5.41) is 11.7. The van der Waals surface area contributed by atoms with Gasteiger partial charge in [-0.05, 0) is 69.3 Å². The van der Waals surface area contributed by atoms with Crippen LogP contribution < -0.4 is 5.73 Å². The van der Waals surface area contributed by atoms with Gasteiger partial charge >= 0.3 is 5.97 Å². The van der Waals surface area contributed by atoms with Crippen molar-refractivity contribution in [3.8, 4) is 5.88 Å². The summed E-state index contributed by atoms with van der Waals surface area (Å²) in [6, 6.07) is 13.8. The highest BCUT2D eigenvalue weighted by molar-refractivity contribution is 6.34. The van der Waals surface area contributed by atoms with Gasteiger partial charge in [0.25, 0.3) is 0 Å². The van der Waals surface area contributed by atoms with Crippen molar-refractivity contribution >= 4 is 45.6 Å². The summed E-state index contributed by atoms with van der Waals surface area (Å²) >= 11 is 6.40. The number of hydrogen-bond donors (Lipinski definition) is 3. The van der Waals surface area contributed by atoms with Crippen molar-refractivity contribution in [2.24, 2.45) is 4.99 Å². The van der Waals surface area contributed by atoms with E-state index in [9.17, 15) is 9.90 Å². The molecule has 4 N–H and O–H groups in total. The number of aliphatic imine (C=N–C) groups is 1. The summed E-state index contributed by atoms with van der Waals surface area (Å²) < 4.78 is 5.41. The Bertz CT molecular complexity index is 1370. The lowest BCUT2D eigenvalue weighted by molar-refractivity contribution is 0.00698. The van der Waals surface area contributed by atoms with Crippen LogP contribution in [0.4, 0.5) is 11.4 Å². The Hall–Kier alpha value is -3.84. The Morgan fingerprint density at radius 3 is 2.64 bits per heavy atom. The molecule has 0 aliphatic rings. The molecule has 8 heteroatoms. The van der Waals surface area contributed by atoms with Crippen LogP contribution in [0.15, 0.2) is 65.9 Å². The SMILES string of the molecule is CC(C)(C)OC(=O)c1ccc(N=C(c2cccnc2)c2c(O)[nH]c3cc(N)ccc23)cc1Cl. The molecule has 0 bridgehead atoms. The maximum absolute atomic E-state index is 12.4. The van der Waals surface area contributed by atoms with Gasteiger partial charge < -0.3 is 20.6 Å². The molecule has 0 amide bonds. The number of aromatic hydroxyl groups is 1. The monoisotopic (exact) mass is 462 g/mol. The average molecular weight is 463 g/mol. The number of aromatic nitrogens is 2. The Kier molecular flexibility index (Phi) is 5.82. The molecule has 0 atom stereocenters. The molecule has 2 aromatic carbocycles. The van der Waals surface area contributed by atoms with Gasteiger partial charge in [0.15, 0.2) is 5.88 Å². The maximum Gasteiger partial charge on any atom is 0.340 e. The van der Waals surface area contributed by atoms with Crippen molar-refractivity contribution in [2.45, 2.75) is 26.4 Å². The molecule has 0 fully saturated rings. The summed E-state index contributed by atoms with van der Waals surface area (Å²) in [6.45, 7) is 5.37.